The monoisotopic (exact) mass is 204 g/mol. The zero-order valence-corrected chi connectivity index (χ0v) is 9.10. The Bertz CT molecular complexity index is 346. The molecule has 1 unspecified atom stereocenters. The lowest BCUT2D eigenvalue weighted by Crippen LogP contribution is -2.21. The molecule has 1 aromatic rings. The minimum absolute atomic E-state index is 0.0382. The maximum atomic E-state index is 5.35. The molecule has 15 heavy (non-hydrogen) atoms. The van der Waals surface area contributed by atoms with E-state index in [1.165, 1.54) is 5.56 Å². The van der Waals surface area contributed by atoms with Crippen molar-refractivity contribution in [3.05, 3.63) is 35.9 Å². The summed E-state index contributed by atoms with van der Waals surface area (Å²) in [6.07, 6.45) is 0.771. The normalized spacial score (nSPS) is 20.2. The molecule has 0 bridgehead atoms. The van der Waals surface area contributed by atoms with E-state index in [0.717, 1.165) is 12.3 Å². The number of nitrogens with one attached hydrogen (secondary N) is 1. The molecule has 1 aliphatic rings. The zero-order valence-electron chi connectivity index (χ0n) is 9.10. The summed E-state index contributed by atoms with van der Waals surface area (Å²) in [6.45, 7) is 4.20. The number of benzene rings is 1. The van der Waals surface area contributed by atoms with Crippen molar-refractivity contribution in [1.29, 1.82) is 0 Å². The molecule has 80 valence electrons. The second-order valence-electron chi connectivity index (χ2n) is 4.09. The lowest BCUT2D eigenvalue weighted by Gasteiger charge is -2.07. The van der Waals surface area contributed by atoms with Crippen molar-refractivity contribution in [1.82, 2.24) is 5.48 Å². The summed E-state index contributed by atoms with van der Waals surface area (Å²) < 4.78 is 0. The highest BCUT2D eigenvalue weighted by molar-refractivity contribution is 5.84. The highest BCUT2D eigenvalue weighted by Crippen LogP contribution is 2.13. The van der Waals surface area contributed by atoms with E-state index < -0.39 is 0 Å². The first-order valence-electron chi connectivity index (χ1n) is 5.28. The van der Waals surface area contributed by atoms with Gasteiger partial charge in [0.25, 0.3) is 0 Å². The fourth-order valence-corrected chi connectivity index (χ4v) is 1.49. The Kier molecular flexibility index (Phi) is 3.02. The molecule has 1 aliphatic heterocycles. The summed E-state index contributed by atoms with van der Waals surface area (Å²) >= 11 is 0. The van der Waals surface area contributed by atoms with E-state index in [2.05, 4.69) is 36.5 Å². The van der Waals surface area contributed by atoms with E-state index in [1.54, 1.807) is 0 Å². The van der Waals surface area contributed by atoms with E-state index in [1.807, 2.05) is 18.2 Å². The van der Waals surface area contributed by atoms with Crippen LogP contribution in [0.2, 0.25) is 0 Å². The average Bonchev–Trinajstić information content (AvgIpc) is 2.68. The molecule has 3 heteroatoms. The first kappa shape index (κ1) is 10.2. The molecule has 0 fully saturated rings. The number of hydrogen-bond donors (Lipinski definition) is 1. The van der Waals surface area contributed by atoms with Crippen molar-refractivity contribution in [3.8, 4) is 0 Å². The summed E-state index contributed by atoms with van der Waals surface area (Å²) in [7, 11) is 0. The van der Waals surface area contributed by atoms with Crippen LogP contribution in [0.4, 0.5) is 0 Å². The fraction of sp³-hybridized carbons (Fsp3) is 0.417. The predicted octanol–water partition coefficient (Wildman–Crippen LogP) is 2.14. The van der Waals surface area contributed by atoms with Crippen molar-refractivity contribution < 1.29 is 4.84 Å². The van der Waals surface area contributed by atoms with Crippen LogP contribution in [0.1, 0.15) is 19.4 Å². The van der Waals surface area contributed by atoms with Crippen LogP contribution in [0.3, 0.4) is 0 Å². The van der Waals surface area contributed by atoms with E-state index in [-0.39, 0.29) is 6.23 Å². The SMILES string of the molecule is CC(C)C1N=C(Cc2ccccc2)NO1. The molecule has 0 aromatic heterocycles. The molecule has 1 heterocycles. The van der Waals surface area contributed by atoms with Crippen LogP contribution >= 0.6 is 0 Å². The van der Waals surface area contributed by atoms with Crippen LogP contribution in [-0.4, -0.2) is 12.1 Å². The Labute approximate surface area is 90.1 Å². The zero-order chi connectivity index (χ0) is 10.7. The number of aliphatic imine (C=N–C) groups is 1. The van der Waals surface area contributed by atoms with Crippen molar-refractivity contribution in [3.63, 3.8) is 0 Å². The van der Waals surface area contributed by atoms with Crippen molar-refractivity contribution in [2.75, 3.05) is 0 Å². The lowest BCUT2D eigenvalue weighted by atomic mass is 10.1. The molecule has 3 nitrogen and oxygen atoms in total. The number of hydrogen-bond acceptors (Lipinski definition) is 3. The fourth-order valence-electron chi connectivity index (χ4n) is 1.49. The van der Waals surface area contributed by atoms with Crippen LogP contribution in [0.15, 0.2) is 35.3 Å². The van der Waals surface area contributed by atoms with Crippen molar-refractivity contribution in [2.45, 2.75) is 26.5 Å². The first-order chi connectivity index (χ1) is 7.25. The molecule has 1 N–H and O–H groups in total. The summed E-state index contributed by atoms with van der Waals surface area (Å²) in [5.74, 6) is 1.32. The Morgan fingerprint density at radius 3 is 2.67 bits per heavy atom. The molecule has 0 amide bonds. The van der Waals surface area contributed by atoms with Gasteiger partial charge < -0.3 is 0 Å². The van der Waals surface area contributed by atoms with Crippen molar-refractivity contribution in [2.24, 2.45) is 10.9 Å². The molecular weight excluding hydrogens is 188 g/mol. The second-order valence-corrected chi connectivity index (χ2v) is 4.09. The molecule has 0 spiro atoms. The van der Waals surface area contributed by atoms with Gasteiger partial charge in [0, 0.05) is 12.3 Å². The second kappa shape index (κ2) is 4.45. The van der Waals surface area contributed by atoms with E-state index in [0.29, 0.717) is 5.92 Å². The summed E-state index contributed by atoms with van der Waals surface area (Å²) in [4.78, 5) is 9.81. The first-order valence-corrected chi connectivity index (χ1v) is 5.28. The Hall–Kier alpha value is -1.35. The Balaban J connectivity index is 2.00. The largest absolute Gasteiger partial charge is 0.250 e. The van der Waals surface area contributed by atoms with Gasteiger partial charge in [-0.1, -0.05) is 44.2 Å². The smallest absolute Gasteiger partial charge is 0.179 e. The van der Waals surface area contributed by atoms with Gasteiger partial charge in [0.15, 0.2) is 6.23 Å². The van der Waals surface area contributed by atoms with E-state index in [4.69, 9.17) is 4.84 Å². The molecule has 0 saturated carbocycles. The van der Waals surface area contributed by atoms with Crippen molar-refractivity contribution >= 4 is 5.84 Å². The van der Waals surface area contributed by atoms with Crippen LogP contribution in [0, 0.1) is 5.92 Å². The van der Waals surface area contributed by atoms with Gasteiger partial charge in [0.05, 0.1) is 0 Å². The third-order valence-corrected chi connectivity index (χ3v) is 2.37. The van der Waals surface area contributed by atoms with Crippen LogP contribution < -0.4 is 5.48 Å². The highest BCUT2D eigenvalue weighted by Gasteiger charge is 2.20. The van der Waals surface area contributed by atoms with Gasteiger partial charge in [-0.3, -0.25) is 5.48 Å². The average molecular weight is 204 g/mol. The van der Waals surface area contributed by atoms with Crippen LogP contribution in [0.25, 0.3) is 0 Å². The highest BCUT2D eigenvalue weighted by atomic mass is 16.7. The van der Waals surface area contributed by atoms with Crippen LogP contribution in [0.5, 0.6) is 0 Å². The molecule has 2 rings (SSSR count). The summed E-state index contributed by atoms with van der Waals surface area (Å²) in [5.41, 5.74) is 4.13. The number of nitrogens with zero attached hydrogens (tertiary/aromatic N) is 1. The van der Waals surface area contributed by atoms with Gasteiger partial charge in [-0.2, -0.15) is 0 Å². The van der Waals surface area contributed by atoms with Gasteiger partial charge in [-0.05, 0) is 5.56 Å². The van der Waals surface area contributed by atoms with E-state index >= 15 is 0 Å². The minimum atomic E-state index is -0.0382. The topological polar surface area (TPSA) is 33.6 Å². The third-order valence-electron chi connectivity index (χ3n) is 2.37. The van der Waals surface area contributed by atoms with Gasteiger partial charge in [-0.25, -0.2) is 9.83 Å². The number of amidine groups is 1. The quantitative estimate of drug-likeness (QED) is 0.818. The molecule has 0 radical (unpaired) electrons. The third kappa shape index (κ3) is 2.57. The van der Waals surface area contributed by atoms with E-state index in [9.17, 15) is 0 Å². The predicted molar refractivity (Wildman–Crippen MR) is 60.4 cm³/mol. The summed E-state index contributed by atoms with van der Waals surface area (Å²) in [5, 5.41) is 0. The number of rotatable bonds is 3. The van der Waals surface area contributed by atoms with Gasteiger partial charge in [0.2, 0.25) is 0 Å². The van der Waals surface area contributed by atoms with Crippen LogP contribution in [-0.2, 0) is 11.3 Å². The Morgan fingerprint density at radius 2 is 2.07 bits per heavy atom. The minimum Gasteiger partial charge on any atom is -0.250 e. The maximum Gasteiger partial charge on any atom is 0.179 e. The van der Waals surface area contributed by atoms with Gasteiger partial charge in [-0.15, -0.1) is 0 Å². The van der Waals surface area contributed by atoms with Gasteiger partial charge >= 0.3 is 0 Å². The Morgan fingerprint density at radius 1 is 1.33 bits per heavy atom. The maximum absolute atomic E-state index is 5.35. The van der Waals surface area contributed by atoms with Gasteiger partial charge in [0.1, 0.15) is 5.84 Å². The molecule has 0 saturated heterocycles. The summed E-state index contributed by atoms with van der Waals surface area (Å²) in [6, 6.07) is 10.3. The molecule has 1 atom stereocenters. The molecule has 1 aromatic carbocycles. The molecular formula is C12H16N2O. The lowest BCUT2D eigenvalue weighted by molar-refractivity contribution is 0.0103. The number of hydroxylamine groups is 1. The molecule has 0 aliphatic carbocycles. The standard InChI is InChI=1S/C12H16N2O/c1-9(2)12-13-11(14-15-12)8-10-6-4-3-5-7-10/h3-7,9,12H,8H2,1-2H3,(H,13,14).